The first-order valence-corrected chi connectivity index (χ1v) is 9.95. The molecule has 0 saturated carbocycles. The summed E-state index contributed by atoms with van der Waals surface area (Å²) in [6.07, 6.45) is 1.81. The number of rotatable bonds is 8. The van der Waals surface area contributed by atoms with Crippen LogP contribution in [-0.4, -0.2) is 34.4 Å². The molecule has 1 unspecified atom stereocenters. The van der Waals surface area contributed by atoms with Crippen molar-refractivity contribution in [1.82, 2.24) is 15.3 Å². The Morgan fingerprint density at radius 2 is 1.64 bits per heavy atom. The molecule has 2 aromatic carbocycles. The van der Waals surface area contributed by atoms with Gasteiger partial charge in [-0.1, -0.05) is 74.5 Å². The average molecular weight is 380 g/mol. The lowest BCUT2D eigenvalue weighted by Crippen LogP contribution is -2.44. The highest BCUT2D eigenvalue weighted by molar-refractivity contribution is 5.87. The first-order valence-electron chi connectivity index (χ1n) is 9.95. The van der Waals surface area contributed by atoms with Crippen LogP contribution in [-0.2, 0) is 22.6 Å². The summed E-state index contributed by atoms with van der Waals surface area (Å²) in [5.74, 6) is 0.265. The summed E-state index contributed by atoms with van der Waals surface area (Å²) in [5.41, 5.74) is 5.11. The average Bonchev–Trinajstić information content (AvgIpc) is 2.96. The van der Waals surface area contributed by atoms with Crippen molar-refractivity contribution in [3.05, 3.63) is 71.8 Å². The lowest BCUT2D eigenvalue weighted by Gasteiger charge is -2.22. The van der Waals surface area contributed by atoms with Crippen LogP contribution in [0.1, 0.15) is 37.8 Å². The molecule has 1 saturated heterocycles. The molecule has 0 radical (unpaired) electrons. The van der Waals surface area contributed by atoms with Crippen molar-refractivity contribution in [3.63, 3.8) is 0 Å². The van der Waals surface area contributed by atoms with E-state index in [2.05, 4.69) is 36.3 Å². The topological polar surface area (TPSA) is 52.7 Å². The minimum Gasteiger partial charge on any atom is -0.273 e. The Balaban J connectivity index is 1.60. The first kappa shape index (κ1) is 20.1. The summed E-state index contributed by atoms with van der Waals surface area (Å²) >= 11 is 0. The van der Waals surface area contributed by atoms with E-state index >= 15 is 0 Å². The van der Waals surface area contributed by atoms with E-state index in [1.54, 1.807) is 0 Å². The highest BCUT2D eigenvalue weighted by Crippen LogP contribution is 2.22. The number of aryl methyl sites for hydroxylation is 1. The molecule has 1 fully saturated rings. The molecule has 0 bridgehead atoms. The SMILES string of the molecule is CC(C)CC1C(=O)N(NC(=O)CCc2ccccc2)CN1Cc1ccccc1. The summed E-state index contributed by atoms with van der Waals surface area (Å²) in [6, 6.07) is 19.9. The molecular formula is C23H29N3O2. The minimum absolute atomic E-state index is 0.0160. The van der Waals surface area contributed by atoms with Gasteiger partial charge in [-0.15, -0.1) is 0 Å². The van der Waals surface area contributed by atoms with Gasteiger partial charge in [0, 0.05) is 13.0 Å². The summed E-state index contributed by atoms with van der Waals surface area (Å²) in [5, 5.41) is 1.49. The van der Waals surface area contributed by atoms with Crippen molar-refractivity contribution in [2.24, 2.45) is 5.92 Å². The molecule has 0 aliphatic carbocycles. The maximum Gasteiger partial charge on any atom is 0.259 e. The summed E-state index contributed by atoms with van der Waals surface area (Å²) in [7, 11) is 0. The molecule has 1 N–H and O–H groups in total. The third-order valence-corrected chi connectivity index (χ3v) is 4.98. The van der Waals surface area contributed by atoms with E-state index in [-0.39, 0.29) is 17.9 Å². The molecular weight excluding hydrogens is 350 g/mol. The molecule has 1 aliphatic heterocycles. The number of carbonyl (C=O) groups is 2. The summed E-state index contributed by atoms with van der Waals surface area (Å²) in [6.45, 7) is 5.35. The van der Waals surface area contributed by atoms with Gasteiger partial charge >= 0.3 is 0 Å². The predicted octanol–water partition coefficient (Wildman–Crippen LogP) is 3.37. The maximum absolute atomic E-state index is 12.9. The van der Waals surface area contributed by atoms with Gasteiger partial charge in [-0.25, -0.2) is 5.01 Å². The van der Waals surface area contributed by atoms with Crippen LogP contribution in [0, 0.1) is 5.92 Å². The van der Waals surface area contributed by atoms with Gasteiger partial charge in [0.05, 0.1) is 12.7 Å². The molecule has 1 aliphatic rings. The van der Waals surface area contributed by atoms with Crippen LogP contribution < -0.4 is 5.43 Å². The zero-order valence-electron chi connectivity index (χ0n) is 16.7. The number of amides is 2. The highest BCUT2D eigenvalue weighted by Gasteiger charge is 2.39. The van der Waals surface area contributed by atoms with Crippen molar-refractivity contribution in [2.75, 3.05) is 6.67 Å². The molecule has 3 rings (SSSR count). The van der Waals surface area contributed by atoms with E-state index in [4.69, 9.17) is 0 Å². The van der Waals surface area contributed by atoms with Gasteiger partial charge in [0.15, 0.2) is 0 Å². The molecule has 1 atom stereocenters. The first-order chi connectivity index (χ1) is 13.5. The Labute approximate surface area is 167 Å². The smallest absolute Gasteiger partial charge is 0.259 e. The number of benzene rings is 2. The van der Waals surface area contributed by atoms with Crippen molar-refractivity contribution >= 4 is 11.8 Å². The van der Waals surface area contributed by atoms with E-state index in [1.165, 1.54) is 10.6 Å². The number of hydrogen-bond donors (Lipinski definition) is 1. The van der Waals surface area contributed by atoms with Gasteiger partial charge in [-0.05, 0) is 29.9 Å². The second kappa shape index (κ2) is 9.51. The minimum atomic E-state index is -0.199. The van der Waals surface area contributed by atoms with E-state index in [9.17, 15) is 9.59 Å². The van der Waals surface area contributed by atoms with Crippen LogP contribution in [0.25, 0.3) is 0 Å². The quantitative estimate of drug-likeness (QED) is 0.765. The third kappa shape index (κ3) is 5.42. The summed E-state index contributed by atoms with van der Waals surface area (Å²) < 4.78 is 0. The summed E-state index contributed by atoms with van der Waals surface area (Å²) in [4.78, 5) is 27.5. The van der Waals surface area contributed by atoms with Gasteiger partial charge in [0.2, 0.25) is 5.91 Å². The van der Waals surface area contributed by atoms with Crippen LogP contribution in [0.15, 0.2) is 60.7 Å². The van der Waals surface area contributed by atoms with E-state index in [1.807, 2.05) is 48.5 Å². The third-order valence-electron chi connectivity index (χ3n) is 4.98. The molecule has 5 nitrogen and oxygen atoms in total. The van der Waals surface area contributed by atoms with Crippen LogP contribution in [0.3, 0.4) is 0 Å². The lowest BCUT2D eigenvalue weighted by atomic mass is 10.0. The van der Waals surface area contributed by atoms with Crippen LogP contribution in [0.2, 0.25) is 0 Å². The second-order valence-electron chi connectivity index (χ2n) is 7.81. The lowest BCUT2D eigenvalue weighted by molar-refractivity contribution is -0.139. The Bertz CT molecular complexity index is 777. The number of hydrazine groups is 1. The number of nitrogens with one attached hydrogen (secondary N) is 1. The normalized spacial score (nSPS) is 17.3. The standard InChI is InChI=1S/C23H29N3O2/c1-18(2)15-21-23(28)26(17-25(21)16-20-11-7-4-8-12-20)24-22(27)14-13-19-9-5-3-6-10-19/h3-12,18,21H,13-17H2,1-2H3,(H,24,27). The fraction of sp³-hybridized carbons (Fsp3) is 0.391. The number of hydrogen-bond acceptors (Lipinski definition) is 3. The molecule has 2 amide bonds. The van der Waals surface area contributed by atoms with Gasteiger partial charge in [-0.3, -0.25) is 19.9 Å². The maximum atomic E-state index is 12.9. The molecule has 1 heterocycles. The van der Waals surface area contributed by atoms with E-state index in [0.29, 0.717) is 32.0 Å². The Morgan fingerprint density at radius 1 is 1.04 bits per heavy atom. The molecule has 0 spiro atoms. The molecule has 148 valence electrons. The van der Waals surface area contributed by atoms with Crippen molar-refractivity contribution in [3.8, 4) is 0 Å². The zero-order chi connectivity index (χ0) is 19.9. The van der Waals surface area contributed by atoms with E-state index in [0.717, 1.165) is 12.0 Å². The second-order valence-corrected chi connectivity index (χ2v) is 7.81. The van der Waals surface area contributed by atoms with Gasteiger partial charge in [-0.2, -0.15) is 0 Å². The zero-order valence-corrected chi connectivity index (χ0v) is 16.7. The predicted molar refractivity (Wildman–Crippen MR) is 110 cm³/mol. The van der Waals surface area contributed by atoms with Crippen LogP contribution in [0.4, 0.5) is 0 Å². The number of carbonyl (C=O) groups excluding carboxylic acids is 2. The molecule has 28 heavy (non-hydrogen) atoms. The Kier molecular flexibility index (Phi) is 6.82. The van der Waals surface area contributed by atoms with Crippen molar-refractivity contribution in [2.45, 2.75) is 45.7 Å². The molecule has 5 heteroatoms. The van der Waals surface area contributed by atoms with Crippen LogP contribution >= 0.6 is 0 Å². The van der Waals surface area contributed by atoms with Gasteiger partial charge in [0.1, 0.15) is 0 Å². The largest absolute Gasteiger partial charge is 0.273 e. The number of nitrogens with zero attached hydrogens (tertiary/aromatic N) is 2. The monoisotopic (exact) mass is 379 g/mol. The van der Waals surface area contributed by atoms with Crippen molar-refractivity contribution < 1.29 is 9.59 Å². The van der Waals surface area contributed by atoms with Gasteiger partial charge in [0.25, 0.3) is 5.91 Å². The Morgan fingerprint density at radius 3 is 2.25 bits per heavy atom. The van der Waals surface area contributed by atoms with Crippen LogP contribution in [0.5, 0.6) is 0 Å². The van der Waals surface area contributed by atoms with Crippen molar-refractivity contribution in [1.29, 1.82) is 0 Å². The highest BCUT2D eigenvalue weighted by atomic mass is 16.2. The van der Waals surface area contributed by atoms with E-state index < -0.39 is 0 Å². The fourth-order valence-electron chi connectivity index (χ4n) is 3.56. The fourth-order valence-corrected chi connectivity index (χ4v) is 3.56. The molecule has 0 aromatic heterocycles. The van der Waals surface area contributed by atoms with Gasteiger partial charge < -0.3 is 0 Å². The molecule has 2 aromatic rings. The Hall–Kier alpha value is -2.66.